The van der Waals surface area contributed by atoms with E-state index in [9.17, 15) is 10.2 Å². The predicted octanol–water partition coefficient (Wildman–Crippen LogP) is -0.160. The third kappa shape index (κ3) is 2.43. The smallest absolute Gasteiger partial charge is 0.257 e. The van der Waals surface area contributed by atoms with Crippen LogP contribution in [0.5, 0.6) is 11.5 Å². The molecule has 0 unspecified atom stereocenters. The highest BCUT2D eigenvalue weighted by Crippen LogP contribution is 2.24. The van der Waals surface area contributed by atoms with Crippen molar-refractivity contribution in [1.29, 1.82) is 0 Å². The van der Waals surface area contributed by atoms with Gasteiger partial charge in [0, 0.05) is 24.4 Å². The van der Waals surface area contributed by atoms with E-state index in [2.05, 4.69) is 0 Å². The van der Waals surface area contributed by atoms with Crippen molar-refractivity contribution in [3.05, 3.63) is 60.3 Å². The van der Waals surface area contributed by atoms with Gasteiger partial charge in [-0.3, -0.25) is 0 Å². The molecule has 0 saturated heterocycles. The molecule has 2 aromatic carbocycles. The normalized spacial score (nSPS) is 10.2. The van der Waals surface area contributed by atoms with Gasteiger partial charge in [0.2, 0.25) is 5.52 Å². The molecule has 0 radical (unpaired) electrons. The largest absolute Gasteiger partial charge is 1.00 e. The zero-order chi connectivity index (χ0) is 13.4. The average Bonchev–Trinajstić information content (AvgIpc) is 2.42. The highest BCUT2D eigenvalue weighted by atomic mass is 127. The van der Waals surface area contributed by atoms with Crippen LogP contribution in [0.15, 0.2) is 54.6 Å². The first-order valence-corrected chi connectivity index (χ1v) is 6.09. The van der Waals surface area contributed by atoms with Crippen molar-refractivity contribution in [1.82, 2.24) is 0 Å². The molecule has 3 rings (SSSR count). The fourth-order valence-electron chi connectivity index (χ4n) is 2.32. The van der Waals surface area contributed by atoms with E-state index in [1.54, 1.807) is 6.07 Å². The molecule has 102 valence electrons. The quantitative estimate of drug-likeness (QED) is 0.351. The minimum atomic E-state index is 0. The van der Waals surface area contributed by atoms with Gasteiger partial charge >= 0.3 is 0 Å². The summed E-state index contributed by atoms with van der Waals surface area (Å²) < 4.78 is 1.93. The highest BCUT2D eigenvalue weighted by Gasteiger charge is 2.19. The number of aromatic nitrogens is 1. The van der Waals surface area contributed by atoms with E-state index >= 15 is 0 Å². The lowest BCUT2D eigenvalue weighted by Gasteiger charge is -2.05. The summed E-state index contributed by atoms with van der Waals surface area (Å²) >= 11 is 0. The number of hydrogen-bond acceptors (Lipinski definition) is 2. The van der Waals surface area contributed by atoms with Crippen LogP contribution in [0.25, 0.3) is 16.6 Å². The van der Waals surface area contributed by atoms with Crippen LogP contribution in [0.3, 0.4) is 0 Å². The molecule has 0 amide bonds. The topological polar surface area (TPSA) is 44.3 Å². The molecule has 3 nitrogen and oxygen atoms in total. The van der Waals surface area contributed by atoms with E-state index in [4.69, 9.17) is 0 Å². The molecule has 0 aliphatic heterocycles. The highest BCUT2D eigenvalue weighted by molar-refractivity contribution is 5.76. The van der Waals surface area contributed by atoms with Crippen molar-refractivity contribution in [3.63, 3.8) is 0 Å². The lowest BCUT2D eigenvalue weighted by atomic mass is 10.1. The average molecular weight is 379 g/mol. The number of aromatic hydroxyl groups is 2. The van der Waals surface area contributed by atoms with Crippen LogP contribution in [0.1, 0.15) is 5.69 Å². The molecule has 3 aromatic rings. The second kappa shape index (κ2) is 5.66. The summed E-state index contributed by atoms with van der Waals surface area (Å²) in [6, 6.07) is 16.5. The number of hydrogen-bond donors (Lipinski definition) is 2. The zero-order valence-electron chi connectivity index (χ0n) is 10.9. The molecule has 1 aromatic heterocycles. The maximum absolute atomic E-state index is 10.0. The van der Waals surface area contributed by atoms with Crippen LogP contribution in [-0.4, -0.2) is 10.2 Å². The Kier molecular flexibility index (Phi) is 4.13. The van der Waals surface area contributed by atoms with Crippen molar-refractivity contribution >= 4 is 10.9 Å². The summed E-state index contributed by atoms with van der Waals surface area (Å²) in [6.45, 7) is 1.97. The van der Waals surface area contributed by atoms with Crippen LogP contribution < -0.4 is 28.5 Å². The first-order valence-electron chi connectivity index (χ1n) is 6.09. The fourth-order valence-corrected chi connectivity index (χ4v) is 2.32. The molecular formula is C16H14INO2. The number of phenolic OH excluding ortho intramolecular Hbond substituents is 2. The van der Waals surface area contributed by atoms with Crippen LogP contribution in [0, 0.1) is 6.92 Å². The van der Waals surface area contributed by atoms with Gasteiger partial charge in [0.05, 0.1) is 6.07 Å². The number of phenols is 2. The fraction of sp³-hybridized carbons (Fsp3) is 0.0625. The monoisotopic (exact) mass is 379 g/mol. The number of rotatable bonds is 1. The third-order valence-electron chi connectivity index (χ3n) is 3.23. The number of benzene rings is 2. The first kappa shape index (κ1) is 14.6. The van der Waals surface area contributed by atoms with Gasteiger partial charge in [0.15, 0.2) is 11.4 Å². The summed E-state index contributed by atoms with van der Waals surface area (Å²) in [5, 5.41) is 20.8. The number of nitrogens with zero attached hydrogens (tertiary/aromatic N) is 1. The van der Waals surface area contributed by atoms with E-state index in [0.717, 1.165) is 16.6 Å². The molecule has 0 bridgehead atoms. The van der Waals surface area contributed by atoms with Gasteiger partial charge in [0.1, 0.15) is 5.75 Å². The molecule has 0 aliphatic carbocycles. The first-order chi connectivity index (χ1) is 9.16. The second-order valence-electron chi connectivity index (χ2n) is 4.54. The summed E-state index contributed by atoms with van der Waals surface area (Å²) in [5.41, 5.74) is 2.55. The Labute approximate surface area is 134 Å². The van der Waals surface area contributed by atoms with Crippen LogP contribution >= 0.6 is 0 Å². The van der Waals surface area contributed by atoms with Crippen molar-refractivity contribution < 1.29 is 38.8 Å². The molecule has 0 atom stereocenters. The lowest BCUT2D eigenvalue weighted by Crippen LogP contribution is -3.00. The second-order valence-corrected chi connectivity index (χ2v) is 4.54. The zero-order valence-corrected chi connectivity index (χ0v) is 13.1. The molecule has 20 heavy (non-hydrogen) atoms. The molecule has 4 heteroatoms. The molecule has 0 saturated carbocycles. The Morgan fingerprint density at radius 1 is 0.900 bits per heavy atom. The number of aryl methyl sites for hydroxylation is 1. The minimum Gasteiger partial charge on any atom is -1.00 e. The Morgan fingerprint density at radius 3 is 2.45 bits per heavy atom. The Balaban J connectivity index is 0.00000147. The van der Waals surface area contributed by atoms with Crippen LogP contribution in [0.2, 0.25) is 0 Å². The predicted molar refractivity (Wildman–Crippen MR) is 73.5 cm³/mol. The molecule has 0 fully saturated rings. The van der Waals surface area contributed by atoms with E-state index in [1.165, 1.54) is 12.1 Å². The number of fused-ring (bicyclic) bond motifs is 1. The van der Waals surface area contributed by atoms with E-state index in [1.807, 2.05) is 47.9 Å². The molecule has 0 aliphatic rings. The Hall–Kier alpha value is -1.82. The molecule has 0 spiro atoms. The van der Waals surface area contributed by atoms with Crippen LogP contribution in [-0.2, 0) is 0 Å². The van der Waals surface area contributed by atoms with E-state index in [0.29, 0.717) is 5.69 Å². The SMILES string of the molecule is Cc1ccc2ccccc2[n+]1-c1cc(O)ccc1O.[I-]. The summed E-state index contributed by atoms with van der Waals surface area (Å²) in [7, 11) is 0. The summed E-state index contributed by atoms with van der Waals surface area (Å²) in [4.78, 5) is 0. The third-order valence-corrected chi connectivity index (χ3v) is 3.23. The maximum atomic E-state index is 10.0. The van der Waals surface area contributed by atoms with Gasteiger partial charge in [-0.1, -0.05) is 12.1 Å². The van der Waals surface area contributed by atoms with Crippen molar-refractivity contribution in [2.24, 2.45) is 0 Å². The van der Waals surface area contributed by atoms with Gasteiger partial charge in [-0.2, -0.15) is 4.57 Å². The van der Waals surface area contributed by atoms with Gasteiger partial charge in [0.25, 0.3) is 5.69 Å². The number of pyridine rings is 1. The van der Waals surface area contributed by atoms with Gasteiger partial charge in [-0.15, -0.1) is 0 Å². The van der Waals surface area contributed by atoms with Crippen molar-refractivity contribution in [2.75, 3.05) is 0 Å². The van der Waals surface area contributed by atoms with Crippen molar-refractivity contribution in [3.8, 4) is 17.2 Å². The number of halogens is 1. The Bertz CT molecular complexity index is 772. The molecule has 1 heterocycles. The minimum absolute atomic E-state index is 0. The Morgan fingerprint density at radius 2 is 1.65 bits per heavy atom. The lowest BCUT2D eigenvalue weighted by molar-refractivity contribution is -0.575. The van der Waals surface area contributed by atoms with Gasteiger partial charge < -0.3 is 34.2 Å². The van der Waals surface area contributed by atoms with Gasteiger partial charge in [-0.25, -0.2) is 0 Å². The summed E-state index contributed by atoms with van der Waals surface area (Å²) in [6.07, 6.45) is 0. The van der Waals surface area contributed by atoms with Crippen molar-refractivity contribution in [2.45, 2.75) is 6.92 Å². The van der Waals surface area contributed by atoms with E-state index < -0.39 is 0 Å². The summed E-state index contributed by atoms with van der Waals surface area (Å²) in [5.74, 6) is 0.273. The van der Waals surface area contributed by atoms with Gasteiger partial charge in [-0.05, 0) is 24.3 Å². The van der Waals surface area contributed by atoms with E-state index in [-0.39, 0.29) is 35.5 Å². The number of para-hydroxylation sites is 1. The maximum Gasteiger partial charge on any atom is 0.257 e. The standard InChI is InChI=1S/C16H13NO2.HI/c1-11-6-7-12-4-2-3-5-14(12)17(11)15-10-13(18)8-9-16(15)19;/h2-10H,1H3,(H-,18,19);1H. The molecular weight excluding hydrogens is 365 g/mol. The molecule has 2 N–H and O–H groups in total. The van der Waals surface area contributed by atoms with Crippen LogP contribution in [0.4, 0.5) is 0 Å².